The molecule has 2 N–H and O–H groups in total. The van der Waals surface area contributed by atoms with Crippen LogP contribution in [0.25, 0.3) is 0 Å². The van der Waals surface area contributed by atoms with Crippen LogP contribution >= 0.6 is 0 Å². The molecule has 8 nitrogen and oxygen atoms in total. The van der Waals surface area contributed by atoms with Crippen LogP contribution in [-0.2, 0) is 14.6 Å². The molecule has 2 heterocycles. The molecule has 320 valence electrons. The highest BCUT2D eigenvalue weighted by Gasteiger charge is 2.70. The molecular weight excluding hydrogens is 743 g/mol. The van der Waals surface area contributed by atoms with Gasteiger partial charge in [-0.15, -0.1) is 0 Å². The van der Waals surface area contributed by atoms with E-state index in [2.05, 4.69) is 75.5 Å². The van der Waals surface area contributed by atoms with Crippen LogP contribution in [0, 0.1) is 56.7 Å². The molecule has 0 spiro atoms. The summed E-state index contributed by atoms with van der Waals surface area (Å²) < 4.78 is 30.0. The van der Waals surface area contributed by atoms with E-state index in [1.807, 2.05) is 18.2 Å². The summed E-state index contributed by atoms with van der Waals surface area (Å²) in [5.41, 5.74) is 4.33. The third kappa shape index (κ3) is 6.87. The second-order valence-electron chi connectivity index (χ2n) is 21.6. The molecule has 7 aliphatic rings. The van der Waals surface area contributed by atoms with Gasteiger partial charge in [-0.25, -0.2) is 13.4 Å². The molecule has 1 aromatic heterocycles. The van der Waals surface area contributed by atoms with Crippen LogP contribution in [0.3, 0.4) is 0 Å². The van der Waals surface area contributed by atoms with Gasteiger partial charge in [-0.3, -0.25) is 4.79 Å². The topological polar surface area (TPSA) is 109 Å². The van der Waals surface area contributed by atoms with Gasteiger partial charge in [0, 0.05) is 44.0 Å². The minimum Gasteiger partial charge on any atom is -0.481 e. The summed E-state index contributed by atoms with van der Waals surface area (Å²) in [6, 6.07) is 5.57. The van der Waals surface area contributed by atoms with Gasteiger partial charge in [0.1, 0.15) is 0 Å². The number of rotatable bonds is 11. The lowest BCUT2D eigenvalue weighted by Gasteiger charge is -2.72. The lowest BCUT2D eigenvalue weighted by Crippen LogP contribution is -2.68. The predicted octanol–water partition coefficient (Wildman–Crippen LogP) is 9.30. The Morgan fingerprint density at radius 1 is 0.948 bits per heavy atom. The molecule has 0 bridgehead atoms. The van der Waals surface area contributed by atoms with Gasteiger partial charge < -0.3 is 20.1 Å². The first-order valence-corrected chi connectivity index (χ1v) is 24.7. The summed E-state index contributed by atoms with van der Waals surface area (Å²) in [6.07, 6.45) is 20.2. The first-order chi connectivity index (χ1) is 27.4. The molecule has 5 fully saturated rings. The molecule has 1 unspecified atom stereocenters. The van der Waals surface area contributed by atoms with Crippen LogP contribution in [0.1, 0.15) is 125 Å². The quantitative estimate of drug-likeness (QED) is 0.213. The highest BCUT2D eigenvalue weighted by molar-refractivity contribution is 7.91. The Morgan fingerprint density at radius 2 is 1.72 bits per heavy atom. The molecule has 0 amide bonds. The average molecular weight is 816 g/mol. The van der Waals surface area contributed by atoms with E-state index >= 15 is 0 Å². The maximum atomic E-state index is 12.8. The van der Waals surface area contributed by atoms with E-state index < -0.39 is 21.2 Å². The van der Waals surface area contributed by atoms with Crippen LogP contribution in [0.5, 0.6) is 5.88 Å². The zero-order chi connectivity index (χ0) is 41.4. The zero-order valence-electron chi connectivity index (χ0n) is 36.6. The summed E-state index contributed by atoms with van der Waals surface area (Å²) in [5.74, 6) is 3.49. The number of carbonyl (C=O) groups is 1. The lowest BCUT2D eigenvalue weighted by molar-refractivity contribution is -0.221. The van der Waals surface area contributed by atoms with Crippen molar-refractivity contribution in [3.8, 4) is 5.88 Å². The fourth-order valence-corrected chi connectivity index (χ4v) is 16.8. The number of aromatic nitrogens is 1. The maximum Gasteiger partial charge on any atom is 0.310 e. The molecule has 1 saturated heterocycles. The summed E-state index contributed by atoms with van der Waals surface area (Å²) in [6.45, 7) is 23.6. The highest BCUT2D eigenvalue weighted by atomic mass is 32.2. The molecule has 10 atom stereocenters. The number of ether oxygens (including phenoxy) is 1. The van der Waals surface area contributed by atoms with Gasteiger partial charge in [0.05, 0.1) is 23.5 Å². The Kier molecular flexibility index (Phi) is 11.0. The number of hydrogen-bond donors (Lipinski definition) is 2. The van der Waals surface area contributed by atoms with Crippen LogP contribution in [-0.4, -0.2) is 79.2 Å². The summed E-state index contributed by atoms with van der Waals surface area (Å²) in [7, 11) is -2.87. The number of nitrogens with one attached hydrogen (secondary N) is 1. The Labute approximate surface area is 350 Å². The number of sulfone groups is 1. The molecular formula is C49H73N3O5S. The Balaban J connectivity index is 0.995. The Hall–Kier alpha value is -2.49. The number of pyridine rings is 1. The van der Waals surface area contributed by atoms with Crippen LogP contribution in [0.4, 0.5) is 0 Å². The zero-order valence-corrected chi connectivity index (χ0v) is 37.4. The van der Waals surface area contributed by atoms with Crippen LogP contribution < -0.4 is 10.1 Å². The molecule has 0 radical (unpaired) electrons. The standard InChI is InChI=1S/C49H73N3O5S/c1-34(2)36-15-22-49(51-27-28-52-29-32-58(55,56)33-30-52)24-23-46(6)38(42(36)49)11-12-40-45(5)18-16-37(44(3,4)39(45)17-19-47(40,46)7)35-13-20-48(21-14-35,43(53)54)25-31-57-41-10-8-9-26-50-41/h8-10,13,16,26,36,38-40,42,51H,1,11-12,14-15,17-25,27-33H2,2-7H3,(H,53,54)/t36-,38+,39-,40+,42+,45-,46+,47+,48?,49-/m0/s1. The van der Waals surface area contributed by atoms with Crippen molar-refractivity contribution < 1.29 is 23.1 Å². The Morgan fingerprint density at radius 3 is 2.40 bits per heavy atom. The summed E-state index contributed by atoms with van der Waals surface area (Å²) in [4.78, 5) is 19.4. The first-order valence-electron chi connectivity index (χ1n) is 22.9. The van der Waals surface area contributed by atoms with Crippen molar-refractivity contribution in [1.82, 2.24) is 15.2 Å². The molecule has 0 aromatic carbocycles. The monoisotopic (exact) mass is 816 g/mol. The van der Waals surface area contributed by atoms with E-state index in [1.54, 1.807) is 6.20 Å². The van der Waals surface area contributed by atoms with Crippen molar-refractivity contribution in [2.24, 2.45) is 56.7 Å². The second kappa shape index (κ2) is 15.1. The summed E-state index contributed by atoms with van der Waals surface area (Å²) in [5, 5.41) is 14.7. The van der Waals surface area contributed by atoms with Gasteiger partial charge in [-0.1, -0.05) is 65.0 Å². The van der Waals surface area contributed by atoms with Crippen molar-refractivity contribution in [2.45, 2.75) is 131 Å². The molecule has 1 aromatic rings. The van der Waals surface area contributed by atoms with Crippen molar-refractivity contribution in [3.05, 3.63) is 59.8 Å². The van der Waals surface area contributed by atoms with Crippen molar-refractivity contribution in [2.75, 3.05) is 44.3 Å². The first kappa shape index (κ1) is 42.2. The fourth-order valence-electron chi connectivity index (χ4n) is 15.5. The van der Waals surface area contributed by atoms with E-state index in [-0.39, 0.29) is 27.2 Å². The number of carboxylic acids is 1. The van der Waals surface area contributed by atoms with Crippen molar-refractivity contribution in [1.29, 1.82) is 0 Å². The second-order valence-corrected chi connectivity index (χ2v) is 23.9. The van der Waals surface area contributed by atoms with Gasteiger partial charge in [-0.2, -0.15) is 0 Å². The molecule has 1 aliphatic heterocycles. The largest absolute Gasteiger partial charge is 0.481 e. The van der Waals surface area contributed by atoms with E-state index in [9.17, 15) is 18.3 Å². The van der Waals surface area contributed by atoms with Gasteiger partial charge in [0.15, 0.2) is 9.84 Å². The average Bonchev–Trinajstić information content (AvgIpc) is 3.56. The van der Waals surface area contributed by atoms with E-state index in [0.29, 0.717) is 85.9 Å². The minimum absolute atomic E-state index is 0.0178. The van der Waals surface area contributed by atoms with E-state index in [0.717, 1.165) is 25.9 Å². The van der Waals surface area contributed by atoms with Crippen LogP contribution in [0.2, 0.25) is 0 Å². The minimum atomic E-state index is -2.87. The third-order valence-corrected chi connectivity index (χ3v) is 20.5. The number of allylic oxidation sites excluding steroid dienone is 5. The maximum absolute atomic E-state index is 12.8. The Bertz CT molecular complexity index is 1910. The normalized spacial score (nSPS) is 41.8. The molecule has 8 rings (SSSR count). The van der Waals surface area contributed by atoms with Crippen LogP contribution in [0.15, 0.2) is 59.8 Å². The molecule has 6 aliphatic carbocycles. The number of hydrogen-bond acceptors (Lipinski definition) is 7. The van der Waals surface area contributed by atoms with E-state index in [1.165, 1.54) is 68.1 Å². The summed E-state index contributed by atoms with van der Waals surface area (Å²) >= 11 is 0. The van der Waals surface area contributed by atoms with Gasteiger partial charge in [0.25, 0.3) is 0 Å². The third-order valence-electron chi connectivity index (χ3n) is 18.9. The van der Waals surface area contributed by atoms with Gasteiger partial charge >= 0.3 is 5.97 Å². The SMILES string of the molecule is C=C(C)[C@@H]1CC[C@]2(NCCN3CCS(=O)(=O)CC3)CC[C@]3(C)[C@H](CC[C@@H]4[C@@]5(C)CC=C(C6=CCC(CCOc7ccccn7)(C(=O)O)CC6)C(C)(C)[C@@H]5CC[C@]43C)[C@@H]12. The number of fused-ring (bicyclic) bond motifs is 7. The lowest BCUT2D eigenvalue weighted by atomic mass is 9.33. The molecule has 9 heteroatoms. The smallest absolute Gasteiger partial charge is 0.310 e. The highest BCUT2D eigenvalue weighted by Crippen LogP contribution is 2.76. The number of aliphatic carboxylic acids is 1. The predicted molar refractivity (Wildman–Crippen MR) is 232 cm³/mol. The van der Waals surface area contributed by atoms with Crippen molar-refractivity contribution in [3.63, 3.8) is 0 Å². The number of nitrogens with zero attached hydrogens (tertiary/aromatic N) is 2. The van der Waals surface area contributed by atoms with Gasteiger partial charge in [0.2, 0.25) is 5.88 Å². The van der Waals surface area contributed by atoms with E-state index in [4.69, 9.17) is 4.74 Å². The fraction of sp³-hybridized carbons (Fsp3) is 0.755. The van der Waals surface area contributed by atoms with Crippen molar-refractivity contribution >= 4 is 15.8 Å². The molecule has 58 heavy (non-hydrogen) atoms. The van der Waals surface area contributed by atoms with Gasteiger partial charge in [-0.05, 0) is 159 Å². The number of carboxylic acid groups (broad SMARTS) is 1. The molecule has 4 saturated carbocycles.